The van der Waals surface area contributed by atoms with Gasteiger partial charge in [-0.15, -0.1) is 0 Å². The van der Waals surface area contributed by atoms with Gasteiger partial charge in [0.2, 0.25) is 0 Å². The molecule has 0 unspecified atom stereocenters. The third-order valence-electron chi connectivity index (χ3n) is 4.31. The Morgan fingerprint density at radius 2 is 1.82 bits per heavy atom. The van der Waals surface area contributed by atoms with Crippen molar-refractivity contribution in [1.29, 1.82) is 0 Å². The van der Waals surface area contributed by atoms with E-state index < -0.39 is 29.6 Å². The Balaban J connectivity index is 1.82. The molecule has 3 rings (SSSR count). The van der Waals surface area contributed by atoms with Gasteiger partial charge in [-0.3, -0.25) is 19.3 Å². The summed E-state index contributed by atoms with van der Waals surface area (Å²) in [6.07, 6.45) is 1.08. The first-order valence-electron chi connectivity index (χ1n) is 9.78. The lowest BCUT2D eigenvalue weighted by molar-refractivity contribution is -0.149. The van der Waals surface area contributed by atoms with Gasteiger partial charge in [0.25, 0.3) is 11.1 Å². The van der Waals surface area contributed by atoms with Gasteiger partial charge in [0.15, 0.2) is 0 Å². The van der Waals surface area contributed by atoms with E-state index in [2.05, 4.69) is 15.9 Å². The lowest BCUT2D eigenvalue weighted by atomic mass is 10.1. The van der Waals surface area contributed by atoms with Crippen LogP contribution in [0.15, 0.2) is 51.8 Å². The zero-order valence-electron chi connectivity index (χ0n) is 18.0. The molecule has 0 spiro atoms. The Labute approximate surface area is 203 Å². The summed E-state index contributed by atoms with van der Waals surface area (Å²) in [7, 11) is 1.52. The van der Waals surface area contributed by atoms with E-state index in [1.165, 1.54) is 13.2 Å². The maximum absolute atomic E-state index is 12.7. The molecule has 0 radical (unpaired) electrons. The second-order valence-corrected chi connectivity index (χ2v) is 9.02. The molecule has 1 heterocycles. The van der Waals surface area contributed by atoms with Gasteiger partial charge < -0.3 is 14.2 Å². The number of ether oxygens (including phenoxy) is 3. The van der Waals surface area contributed by atoms with Crippen LogP contribution in [0.25, 0.3) is 6.08 Å². The molecular formula is C23H20BrNO7S. The van der Waals surface area contributed by atoms with Gasteiger partial charge in [0, 0.05) is 10.0 Å². The highest BCUT2D eigenvalue weighted by molar-refractivity contribution is 9.10. The van der Waals surface area contributed by atoms with Gasteiger partial charge in [0.1, 0.15) is 18.0 Å². The average Bonchev–Trinajstić information content (AvgIpc) is 3.02. The topological polar surface area (TPSA) is 99.2 Å². The van der Waals surface area contributed by atoms with Crippen LogP contribution < -0.4 is 9.47 Å². The molecule has 0 N–H and O–H groups in total. The standard InChI is InChI=1S/C23H20BrNO7S/c1-13(2)31-20(26)12-25-21(27)19(33-23(25)29)11-15-10-16(24)6-9-18(15)32-22(28)14-4-7-17(30-3)8-5-14/h4-11,13H,12H2,1-3H3/b19-11-. The van der Waals surface area contributed by atoms with Crippen molar-refractivity contribution < 1.29 is 33.4 Å². The van der Waals surface area contributed by atoms with Crippen LogP contribution in [0.4, 0.5) is 4.79 Å². The van der Waals surface area contributed by atoms with Crippen LogP contribution in [-0.4, -0.2) is 47.7 Å². The predicted molar refractivity (Wildman–Crippen MR) is 126 cm³/mol. The molecule has 172 valence electrons. The number of thioether (sulfide) groups is 1. The molecule has 0 aromatic heterocycles. The number of rotatable bonds is 7. The fourth-order valence-corrected chi connectivity index (χ4v) is 4.03. The molecule has 0 aliphatic carbocycles. The Morgan fingerprint density at radius 3 is 2.45 bits per heavy atom. The molecule has 0 bridgehead atoms. The van der Waals surface area contributed by atoms with Crippen molar-refractivity contribution in [1.82, 2.24) is 4.90 Å². The highest BCUT2D eigenvalue weighted by atomic mass is 79.9. The molecule has 2 aromatic rings. The summed E-state index contributed by atoms with van der Waals surface area (Å²) >= 11 is 4.05. The molecule has 8 nitrogen and oxygen atoms in total. The number of hydrogen-bond acceptors (Lipinski definition) is 8. The van der Waals surface area contributed by atoms with Crippen LogP contribution in [-0.2, 0) is 14.3 Å². The van der Waals surface area contributed by atoms with Crippen molar-refractivity contribution >= 4 is 56.9 Å². The summed E-state index contributed by atoms with van der Waals surface area (Å²) in [6.45, 7) is 2.87. The number of carbonyl (C=O) groups is 4. The fourth-order valence-electron chi connectivity index (χ4n) is 2.82. The fraction of sp³-hybridized carbons (Fsp3) is 0.217. The zero-order valence-corrected chi connectivity index (χ0v) is 20.4. The van der Waals surface area contributed by atoms with Crippen LogP contribution in [0, 0.1) is 0 Å². The van der Waals surface area contributed by atoms with E-state index in [4.69, 9.17) is 14.2 Å². The molecule has 0 atom stereocenters. The molecule has 0 saturated carbocycles. The summed E-state index contributed by atoms with van der Waals surface area (Å²) in [5.74, 6) is -1.10. The number of nitrogens with zero attached hydrogens (tertiary/aromatic N) is 1. The van der Waals surface area contributed by atoms with Crippen molar-refractivity contribution in [3.8, 4) is 11.5 Å². The normalized spacial score (nSPS) is 14.7. The summed E-state index contributed by atoms with van der Waals surface area (Å²) in [5.41, 5.74) is 0.718. The summed E-state index contributed by atoms with van der Waals surface area (Å²) in [4.78, 5) is 50.4. The average molecular weight is 534 g/mol. The first-order valence-corrected chi connectivity index (χ1v) is 11.4. The van der Waals surface area contributed by atoms with Crippen LogP contribution in [0.5, 0.6) is 11.5 Å². The van der Waals surface area contributed by atoms with Crippen LogP contribution in [0.3, 0.4) is 0 Å². The van der Waals surface area contributed by atoms with Gasteiger partial charge in [-0.05, 0) is 74.1 Å². The van der Waals surface area contributed by atoms with Crippen molar-refractivity contribution in [3.63, 3.8) is 0 Å². The quantitative estimate of drug-likeness (QED) is 0.287. The highest BCUT2D eigenvalue weighted by Crippen LogP contribution is 2.35. The van der Waals surface area contributed by atoms with Gasteiger partial charge in [-0.2, -0.15) is 0 Å². The molecule has 1 saturated heterocycles. The molecule has 1 fully saturated rings. The Bertz CT molecular complexity index is 1130. The minimum absolute atomic E-state index is 0.0946. The summed E-state index contributed by atoms with van der Waals surface area (Å²) < 4.78 is 16.3. The van der Waals surface area contributed by atoms with E-state index in [0.29, 0.717) is 33.1 Å². The third-order valence-corrected chi connectivity index (χ3v) is 5.72. The van der Waals surface area contributed by atoms with E-state index in [1.54, 1.807) is 56.3 Å². The maximum Gasteiger partial charge on any atom is 0.343 e. The van der Waals surface area contributed by atoms with Crippen LogP contribution in [0.1, 0.15) is 29.8 Å². The monoisotopic (exact) mass is 533 g/mol. The number of methoxy groups -OCH3 is 1. The Kier molecular flexibility index (Phi) is 7.93. The first kappa shape index (κ1) is 24.5. The predicted octanol–water partition coefficient (Wildman–Crippen LogP) is 4.66. The lowest BCUT2D eigenvalue weighted by Crippen LogP contribution is -2.35. The molecule has 1 aliphatic heterocycles. The Morgan fingerprint density at radius 1 is 1.12 bits per heavy atom. The van der Waals surface area contributed by atoms with Gasteiger partial charge >= 0.3 is 11.9 Å². The second kappa shape index (κ2) is 10.7. The highest BCUT2D eigenvalue weighted by Gasteiger charge is 2.37. The smallest absolute Gasteiger partial charge is 0.343 e. The minimum Gasteiger partial charge on any atom is -0.497 e. The zero-order chi connectivity index (χ0) is 24.1. The van der Waals surface area contributed by atoms with Gasteiger partial charge in [0.05, 0.1) is 23.7 Å². The van der Waals surface area contributed by atoms with Crippen molar-refractivity contribution in [3.05, 3.63) is 63.0 Å². The molecule has 2 amide bonds. The van der Waals surface area contributed by atoms with E-state index in [9.17, 15) is 19.2 Å². The summed E-state index contributed by atoms with van der Waals surface area (Å²) in [6, 6.07) is 11.3. The van der Waals surface area contributed by atoms with Crippen LogP contribution >= 0.6 is 27.7 Å². The number of benzene rings is 2. The number of carbonyl (C=O) groups excluding carboxylic acids is 4. The maximum atomic E-state index is 12.7. The van der Waals surface area contributed by atoms with Gasteiger partial charge in [-0.25, -0.2) is 4.79 Å². The molecule has 2 aromatic carbocycles. The van der Waals surface area contributed by atoms with Crippen molar-refractivity contribution in [2.45, 2.75) is 20.0 Å². The minimum atomic E-state index is -0.676. The molecule has 33 heavy (non-hydrogen) atoms. The lowest BCUT2D eigenvalue weighted by Gasteiger charge is -2.13. The van der Waals surface area contributed by atoms with E-state index >= 15 is 0 Å². The van der Waals surface area contributed by atoms with E-state index in [1.807, 2.05) is 0 Å². The molecule has 1 aliphatic rings. The number of hydrogen-bond donors (Lipinski definition) is 0. The largest absolute Gasteiger partial charge is 0.497 e. The molecular weight excluding hydrogens is 514 g/mol. The van der Waals surface area contributed by atoms with E-state index in [-0.39, 0.29) is 16.8 Å². The number of amides is 2. The Hall–Kier alpha value is -3.11. The second-order valence-electron chi connectivity index (χ2n) is 7.11. The van der Waals surface area contributed by atoms with Crippen molar-refractivity contribution in [2.75, 3.05) is 13.7 Å². The third kappa shape index (κ3) is 6.23. The molecule has 10 heteroatoms. The van der Waals surface area contributed by atoms with Gasteiger partial charge in [-0.1, -0.05) is 15.9 Å². The SMILES string of the molecule is COc1ccc(C(=O)Oc2ccc(Br)cc2/C=C2\SC(=O)N(CC(=O)OC(C)C)C2=O)cc1. The summed E-state index contributed by atoms with van der Waals surface area (Å²) in [5, 5.41) is -0.585. The number of imide groups is 1. The number of halogens is 1. The van der Waals surface area contributed by atoms with E-state index in [0.717, 1.165) is 4.90 Å². The van der Waals surface area contributed by atoms with Crippen LogP contribution in [0.2, 0.25) is 0 Å². The van der Waals surface area contributed by atoms with Crippen molar-refractivity contribution in [2.24, 2.45) is 0 Å². The first-order chi connectivity index (χ1) is 15.7. The number of esters is 2.